The Bertz CT molecular complexity index is 1810. The molecule has 0 rings (SSSR count). The van der Waals surface area contributed by atoms with E-state index in [-0.39, 0.29) is 128 Å². The second-order valence-electron chi connectivity index (χ2n) is 19.2. The predicted octanol–water partition coefficient (Wildman–Crippen LogP) is 3.11. The number of ether oxygens (including phenoxy) is 4. The largest absolute Gasteiger partial charge is 0.481 e. The number of aliphatic carboxylic acids is 4. The summed E-state index contributed by atoms with van der Waals surface area (Å²) in [7, 11) is 1.67. The van der Waals surface area contributed by atoms with Gasteiger partial charge in [-0.15, -0.1) is 0 Å². The van der Waals surface area contributed by atoms with Crippen LogP contribution in [-0.4, -0.2) is 189 Å². The molecule has 0 saturated heterocycles. The van der Waals surface area contributed by atoms with E-state index in [9.17, 15) is 63.0 Å². The Morgan fingerprint density at radius 2 is 0.734 bits per heavy atom. The first kappa shape index (κ1) is 73.2. The smallest absolute Gasteiger partial charge is 0.303 e. The molecule has 0 radical (unpaired) electrons. The molecule has 4 atom stereocenters. The standard InChI is InChI=1S/C53H93N7O19.4H2/c1-39(61)40(54-2)19-17-18-28-56-52(74)42(23-26-49(69)70)60-53(75)43(24-27-50(71)72)59-46(64)38-79-36-34-76-31-29-55-45(63)37-78-35-33-77-32-30-57-51(73)41(22-25-48(67)68)58-44(62)20-15-13-11-9-7-5-3-4-6-8-10-12-14-16-21-47(65)66;;;;/h40-43,54H,3-38H2,1-2H3,(H,55,63)(H,56,74)(H,57,73)(H,58,62)(H,59,64)(H,60,75)(H,65,66)(H,67,68)(H,69,70)(H,71,72);4*1H/t40-,41-,42-,43-;;;;/m0..../s1. The van der Waals surface area contributed by atoms with Crippen LogP contribution in [0.2, 0.25) is 0 Å². The van der Waals surface area contributed by atoms with Crippen LogP contribution in [0.15, 0.2) is 0 Å². The van der Waals surface area contributed by atoms with Gasteiger partial charge in [-0.25, -0.2) is 0 Å². The minimum Gasteiger partial charge on any atom is -0.481 e. The van der Waals surface area contributed by atoms with Crippen LogP contribution in [0, 0.1) is 0 Å². The number of amides is 6. The highest BCUT2D eigenvalue weighted by molar-refractivity contribution is 5.93. The summed E-state index contributed by atoms with van der Waals surface area (Å²) in [4.78, 5) is 132. The van der Waals surface area contributed by atoms with Crippen molar-refractivity contribution >= 4 is 65.1 Å². The fourth-order valence-electron chi connectivity index (χ4n) is 7.88. The Kier molecular flexibility index (Phi) is 45.6. The van der Waals surface area contributed by atoms with Gasteiger partial charge in [-0.05, 0) is 65.3 Å². The number of ketones is 1. The molecule has 0 aromatic heterocycles. The number of nitrogens with one attached hydrogen (secondary N) is 7. The van der Waals surface area contributed by atoms with E-state index in [1.54, 1.807) is 7.05 Å². The van der Waals surface area contributed by atoms with Crippen LogP contribution in [0.25, 0.3) is 0 Å². The van der Waals surface area contributed by atoms with Gasteiger partial charge < -0.3 is 76.6 Å². The van der Waals surface area contributed by atoms with Crippen LogP contribution < -0.4 is 37.2 Å². The average Bonchev–Trinajstić information content (AvgIpc) is 3.39. The molecule has 0 aliphatic carbocycles. The molecule has 26 heteroatoms. The third-order valence-electron chi connectivity index (χ3n) is 12.3. The molecule has 79 heavy (non-hydrogen) atoms. The molecule has 26 nitrogen and oxygen atoms in total. The number of likely N-dealkylation sites (N-methyl/N-ethyl adjacent to an activating group) is 1. The van der Waals surface area contributed by atoms with Gasteiger partial charge in [0.25, 0.3) is 0 Å². The van der Waals surface area contributed by atoms with Crippen LogP contribution in [0.5, 0.6) is 0 Å². The number of carboxylic acid groups (broad SMARTS) is 4. The number of hydrogen-bond donors (Lipinski definition) is 11. The van der Waals surface area contributed by atoms with E-state index < -0.39 is 91.0 Å². The molecule has 0 aromatic carbocycles. The highest BCUT2D eigenvalue weighted by atomic mass is 16.5. The number of rotatable bonds is 55. The number of carbonyl (C=O) groups is 11. The number of hydrogen-bond acceptors (Lipinski definition) is 16. The van der Waals surface area contributed by atoms with Crippen LogP contribution >= 0.6 is 0 Å². The van der Waals surface area contributed by atoms with E-state index in [4.69, 9.17) is 29.2 Å². The van der Waals surface area contributed by atoms with Gasteiger partial charge in [-0.1, -0.05) is 77.0 Å². The van der Waals surface area contributed by atoms with E-state index in [1.165, 1.54) is 39.0 Å². The molecule has 0 aliphatic rings. The summed E-state index contributed by atoms with van der Waals surface area (Å²) in [6.45, 7) is 1.40. The van der Waals surface area contributed by atoms with Gasteiger partial charge in [0.05, 0.1) is 45.7 Å². The van der Waals surface area contributed by atoms with Crippen molar-refractivity contribution in [1.82, 2.24) is 37.2 Å². The summed E-state index contributed by atoms with van der Waals surface area (Å²) in [6, 6.07) is -4.02. The first-order valence-corrected chi connectivity index (χ1v) is 27.9. The van der Waals surface area contributed by atoms with Crippen molar-refractivity contribution in [2.24, 2.45) is 0 Å². The van der Waals surface area contributed by atoms with Crippen molar-refractivity contribution in [2.45, 2.75) is 192 Å². The molecular weight excluding hydrogens is 1040 g/mol. The fraction of sp³-hybridized carbons (Fsp3) is 0.792. The van der Waals surface area contributed by atoms with Gasteiger partial charge in [-0.3, -0.25) is 52.7 Å². The lowest BCUT2D eigenvalue weighted by molar-refractivity contribution is -0.140. The molecular formula is C53H101N7O19. The monoisotopic (exact) mass is 1140 g/mol. The van der Waals surface area contributed by atoms with E-state index >= 15 is 0 Å². The second kappa shape index (κ2) is 49.2. The lowest BCUT2D eigenvalue weighted by Gasteiger charge is -2.23. The van der Waals surface area contributed by atoms with Gasteiger partial charge in [0.2, 0.25) is 35.4 Å². The zero-order valence-electron chi connectivity index (χ0n) is 46.7. The Morgan fingerprint density at radius 1 is 0.354 bits per heavy atom. The number of Topliss-reactive ketones (excluding diaryl/α,β-unsaturated/α-hetero) is 1. The van der Waals surface area contributed by atoms with E-state index in [1.807, 2.05) is 0 Å². The van der Waals surface area contributed by atoms with Crippen molar-refractivity contribution in [2.75, 3.05) is 79.5 Å². The molecule has 0 aromatic rings. The summed E-state index contributed by atoms with van der Waals surface area (Å²) < 4.78 is 21.4. The zero-order chi connectivity index (χ0) is 58.9. The molecule has 0 fully saturated rings. The lowest BCUT2D eigenvalue weighted by Crippen LogP contribution is -2.54. The van der Waals surface area contributed by atoms with Crippen LogP contribution in [-0.2, 0) is 71.7 Å². The molecule has 0 aliphatic heterocycles. The first-order valence-electron chi connectivity index (χ1n) is 27.9. The molecule has 462 valence electrons. The molecule has 0 spiro atoms. The minimum atomic E-state index is -1.39. The van der Waals surface area contributed by atoms with Gasteiger partial charge >= 0.3 is 23.9 Å². The van der Waals surface area contributed by atoms with Gasteiger partial charge in [-0.2, -0.15) is 0 Å². The summed E-state index contributed by atoms with van der Waals surface area (Å²) >= 11 is 0. The molecule has 0 heterocycles. The van der Waals surface area contributed by atoms with Gasteiger partial charge in [0.15, 0.2) is 0 Å². The summed E-state index contributed by atoms with van der Waals surface area (Å²) in [5.74, 6) is -7.91. The third kappa shape index (κ3) is 45.7. The van der Waals surface area contributed by atoms with Crippen LogP contribution in [0.3, 0.4) is 0 Å². The summed E-state index contributed by atoms with van der Waals surface area (Å²) in [6.07, 6.45) is 14.9. The van der Waals surface area contributed by atoms with E-state index in [2.05, 4.69) is 37.2 Å². The Labute approximate surface area is 470 Å². The maximum absolute atomic E-state index is 13.2. The highest BCUT2D eigenvalue weighted by Crippen LogP contribution is 2.14. The van der Waals surface area contributed by atoms with Crippen LogP contribution in [0.4, 0.5) is 0 Å². The molecule has 6 amide bonds. The van der Waals surface area contributed by atoms with E-state index in [0.717, 1.165) is 51.4 Å². The molecule has 0 unspecified atom stereocenters. The Balaban J connectivity index is -0.00000507. The van der Waals surface area contributed by atoms with Crippen molar-refractivity contribution in [1.29, 1.82) is 0 Å². The first-order chi connectivity index (χ1) is 37.9. The third-order valence-corrected chi connectivity index (χ3v) is 12.3. The minimum absolute atomic E-state index is 0. The zero-order valence-corrected chi connectivity index (χ0v) is 46.7. The highest BCUT2D eigenvalue weighted by Gasteiger charge is 2.28. The summed E-state index contributed by atoms with van der Waals surface area (Å²) in [5, 5.41) is 54.5. The molecule has 0 bridgehead atoms. The SMILES string of the molecule is CN[C@@H](CCCCNC(=O)[C@H](CCC(=O)O)NC(=O)[C@H](CCC(=O)O)NC(=O)COCCOCCNC(=O)COCCOCCNC(=O)[C@H](CCC(=O)O)NC(=O)CCCCCCCCCCCCCCCCC(=O)O)C(C)=O.[HH].[HH].[HH].[HH]. The second-order valence-corrected chi connectivity index (χ2v) is 19.2. The Morgan fingerprint density at radius 3 is 1.19 bits per heavy atom. The van der Waals surface area contributed by atoms with Crippen molar-refractivity contribution in [3.05, 3.63) is 0 Å². The summed E-state index contributed by atoms with van der Waals surface area (Å²) in [5.41, 5.74) is 0. The predicted molar refractivity (Wildman–Crippen MR) is 296 cm³/mol. The number of carboxylic acids is 4. The molecule has 11 N–H and O–H groups in total. The van der Waals surface area contributed by atoms with Crippen molar-refractivity contribution in [3.63, 3.8) is 0 Å². The number of unbranched alkanes of at least 4 members (excludes halogenated alkanes) is 14. The van der Waals surface area contributed by atoms with Crippen molar-refractivity contribution in [3.8, 4) is 0 Å². The van der Waals surface area contributed by atoms with Crippen molar-refractivity contribution < 1.29 is 97.8 Å². The Hall–Kier alpha value is -5.83. The van der Waals surface area contributed by atoms with Crippen LogP contribution in [0.1, 0.15) is 173 Å². The normalized spacial score (nSPS) is 12.5. The van der Waals surface area contributed by atoms with Gasteiger partial charge in [0.1, 0.15) is 37.1 Å². The maximum Gasteiger partial charge on any atom is 0.303 e. The fourth-order valence-corrected chi connectivity index (χ4v) is 7.88. The van der Waals surface area contributed by atoms with Gasteiger partial charge in [0, 0.05) is 57.4 Å². The average molecular weight is 1140 g/mol. The maximum atomic E-state index is 13.2. The lowest BCUT2D eigenvalue weighted by atomic mass is 10.0. The quantitative estimate of drug-likeness (QED) is 0.0390. The molecule has 0 saturated carbocycles. The number of carbonyl (C=O) groups excluding carboxylic acids is 7. The van der Waals surface area contributed by atoms with E-state index in [0.29, 0.717) is 25.7 Å². The topological polar surface area (TPSA) is 390 Å².